The minimum atomic E-state index is 0.289. The summed E-state index contributed by atoms with van der Waals surface area (Å²) in [7, 11) is 1.88. The molecule has 132 valence electrons. The number of hydrogen-bond donors (Lipinski definition) is 2. The normalized spacial score (nSPS) is 32.0. The third-order valence-electron chi connectivity index (χ3n) is 5.66. The van der Waals surface area contributed by atoms with Gasteiger partial charge in [-0.05, 0) is 37.9 Å². The predicted octanol–water partition coefficient (Wildman–Crippen LogP) is 1.55. The zero-order valence-corrected chi connectivity index (χ0v) is 15.6. The van der Waals surface area contributed by atoms with Crippen molar-refractivity contribution in [2.24, 2.45) is 10.9 Å². The van der Waals surface area contributed by atoms with Gasteiger partial charge < -0.3 is 15.4 Å². The maximum atomic E-state index is 5.53. The van der Waals surface area contributed by atoms with Crippen molar-refractivity contribution in [1.29, 1.82) is 0 Å². The molecule has 2 atom stereocenters. The van der Waals surface area contributed by atoms with Gasteiger partial charge in [-0.25, -0.2) is 0 Å². The largest absolute Gasteiger partial charge is 0.381 e. The van der Waals surface area contributed by atoms with Gasteiger partial charge in [-0.15, -0.1) is 0 Å². The van der Waals surface area contributed by atoms with Crippen LogP contribution < -0.4 is 10.6 Å². The lowest BCUT2D eigenvalue weighted by atomic mass is 9.99. The highest BCUT2D eigenvalue weighted by atomic mass is 32.2. The molecule has 0 aromatic carbocycles. The van der Waals surface area contributed by atoms with Crippen LogP contribution >= 0.6 is 11.8 Å². The van der Waals surface area contributed by atoms with Crippen molar-refractivity contribution in [2.45, 2.75) is 49.4 Å². The molecule has 3 aliphatic rings. The average Bonchev–Trinajstić information content (AvgIpc) is 3.37. The number of hydrogen-bond acceptors (Lipinski definition) is 4. The molecule has 2 unspecified atom stereocenters. The quantitative estimate of drug-likeness (QED) is 0.587. The van der Waals surface area contributed by atoms with Gasteiger partial charge in [0, 0.05) is 56.7 Å². The molecule has 0 amide bonds. The third-order valence-corrected chi connectivity index (χ3v) is 7.08. The van der Waals surface area contributed by atoms with Crippen LogP contribution in [0.25, 0.3) is 0 Å². The highest BCUT2D eigenvalue weighted by molar-refractivity contribution is 8.00. The Balaban J connectivity index is 1.49. The lowest BCUT2D eigenvalue weighted by molar-refractivity contribution is 0.0782. The van der Waals surface area contributed by atoms with E-state index in [1.807, 2.05) is 18.8 Å². The summed E-state index contributed by atoms with van der Waals surface area (Å²) in [6.07, 6.45) is 7.24. The topological polar surface area (TPSA) is 48.9 Å². The number of ether oxygens (including phenoxy) is 1. The molecule has 0 bridgehead atoms. The summed E-state index contributed by atoms with van der Waals surface area (Å²) in [6, 6.07) is 1.38. The van der Waals surface area contributed by atoms with Crippen LogP contribution in [0.4, 0.5) is 0 Å². The first-order valence-electron chi connectivity index (χ1n) is 9.00. The summed E-state index contributed by atoms with van der Waals surface area (Å²) in [5.74, 6) is 1.64. The van der Waals surface area contributed by atoms with Crippen LogP contribution in [0, 0.1) is 5.92 Å². The number of nitrogens with zero attached hydrogens (tertiary/aromatic N) is 2. The maximum absolute atomic E-state index is 5.53. The zero-order chi connectivity index (χ0) is 16.3. The van der Waals surface area contributed by atoms with Crippen LogP contribution in [0.5, 0.6) is 0 Å². The smallest absolute Gasteiger partial charge is 0.191 e. The van der Waals surface area contributed by atoms with Gasteiger partial charge in [0.2, 0.25) is 0 Å². The Morgan fingerprint density at radius 2 is 2.04 bits per heavy atom. The van der Waals surface area contributed by atoms with Gasteiger partial charge in [0.1, 0.15) is 0 Å². The fourth-order valence-electron chi connectivity index (χ4n) is 3.74. The Hall–Kier alpha value is -0.460. The van der Waals surface area contributed by atoms with E-state index in [0.717, 1.165) is 51.1 Å². The molecule has 5 nitrogen and oxygen atoms in total. The van der Waals surface area contributed by atoms with Crippen molar-refractivity contribution < 1.29 is 4.74 Å². The van der Waals surface area contributed by atoms with Gasteiger partial charge in [-0.2, -0.15) is 11.8 Å². The predicted molar refractivity (Wildman–Crippen MR) is 98.3 cm³/mol. The standard InChI is InChI=1S/C17H32N4OS/c1-13-10-21(14-4-5-14)11-15(13)20-16(18-2)19-12-17(23-3)6-8-22-9-7-17/h13-15H,4-12H2,1-3H3,(H2,18,19,20). The Bertz CT molecular complexity index is 421. The summed E-state index contributed by atoms with van der Waals surface area (Å²) < 4.78 is 5.82. The average molecular weight is 341 g/mol. The first kappa shape index (κ1) is 17.4. The minimum Gasteiger partial charge on any atom is -0.381 e. The van der Waals surface area contributed by atoms with Crippen molar-refractivity contribution in [3.63, 3.8) is 0 Å². The van der Waals surface area contributed by atoms with Crippen molar-refractivity contribution in [2.75, 3.05) is 46.2 Å². The van der Waals surface area contributed by atoms with Gasteiger partial charge in [-0.3, -0.25) is 9.89 Å². The molecular weight excluding hydrogens is 308 g/mol. The molecule has 2 N–H and O–H groups in total. The van der Waals surface area contributed by atoms with E-state index in [2.05, 4.69) is 33.7 Å². The molecule has 3 rings (SSSR count). The Kier molecular flexibility index (Phi) is 5.75. The lowest BCUT2D eigenvalue weighted by Crippen LogP contribution is -2.51. The second kappa shape index (κ2) is 7.62. The maximum Gasteiger partial charge on any atom is 0.191 e. The van der Waals surface area contributed by atoms with E-state index >= 15 is 0 Å². The van der Waals surface area contributed by atoms with Crippen molar-refractivity contribution >= 4 is 17.7 Å². The Morgan fingerprint density at radius 1 is 1.30 bits per heavy atom. The van der Waals surface area contributed by atoms with E-state index in [0.29, 0.717) is 12.0 Å². The van der Waals surface area contributed by atoms with Crippen LogP contribution in [0.15, 0.2) is 4.99 Å². The van der Waals surface area contributed by atoms with Crippen LogP contribution in [-0.2, 0) is 4.74 Å². The summed E-state index contributed by atoms with van der Waals surface area (Å²) in [5, 5.41) is 7.25. The molecule has 0 radical (unpaired) electrons. The molecule has 1 saturated carbocycles. The van der Waals surface area contributed by atoms with Gasteiger partial charge in [-0.1, -0.05) is 6.92 Å². The fraction of sp³-hybridized carbons (Fsp3) is 0.941. The Morgan fingerprint density at radius 3 is 2.65 bits per heavy atom. The molecule has 6 heteroatoms. The molecule has 0 aromatic rings. The molecule has 23 heavy (non-hydrogen) atoms. The first-order chi connectivity index (χ1) is 11.2. The number of guanidine groups is 1. The molecular formula is C17H32N4OS. The van der Waals surface area contributed by atoms with Crippen molar-refractivity contribution in [3.8, 4) is 0 Å². The number of nitrogens with one attached hydrogen (secondary N) is 2. The Labute approximate surface area is 145 Å². The molecule has 3 fully saturated rings. The van der Waals surface area contributed by atoms with Gasteiger partial charge in [0.25, 0.3) is 0 Å². The van der Waals surface area contributed by atoms with Crippen LogP contribution in [-0.4, -0.2) is 73.8 Å². The number of thioether (sulfide) groups is 1. The summed E-state index contributed by atoms with van der Waals surface area (Å²) >= 11 is 1.97. The van der Waals surface area contributed by atoms with E-state index in [1.54, 1.807) is 0 Å². The van der Waals surface area contributed by atoms with Crippen molar-refractivity contribution in [1.82, 2.24) is 15.5 Å². The van der Waals surface area contributed by atoms with Crippen LogP contribution in [0.2, 0.25) is 0 Å². The fourth-order valence-corrected chi connectivity index (χ4v) is 4.53. The summed E-state index contributed by atoms with van der Waals surface area (Å²) in [6.45, 7) is 7.47. The number of aliphatic imine (C=N–C) groups is 1. The molecule has 2 aliphatic heterocycles. The SMILES string of the molecule is CN=C(NCC1(SC)CCOCC1)NC1CN(C2CC2)CC1C. The van der Waals surface area contributed by atoms with Crippen LogP contribution in [0.3, 0.4) is 0 Å². The third kappa shape index (κ3) is 4.34. The first-order valence-corrected chi connectivity index (χ1v) is 10.2. The van der Waals surface area contributed by atoms with E-state index in [1.165, 1.54) is 19.4 Å². The zero-order valence-electron chi connectivity index (χ0n) is 14.8. The molecule has 0 spiro atoms. The number of likely N-dealkylation sites (tertiary alicyclic amines) is 1. The van der Waals surface area contributed by atoms with E-state index in [4.69, 9.17) is 4.74 Å². The van der Waals surface area contributed by atoms with E-state index < -0.39 is 0 Å². The summed E-state index contributed by atoms with van der Waals surface area (Å²) in [4.78, 5) is 7.11. The van der Waals surface area contributed by atoms with Crippen molar-refractivity contribution in [3.05, 3.63) is 0 Å². The molecule has 0 aromatic heterocycles. The monoisotopic (exact) mass is 340 g/mol. The van der Waals surface area contributed by atoms with Gasteiger partial charge in [0.15, 0.2) is 5.96 Å². The molecule has 2 saturated heterocycles. The summed E-state index contributed by atoms with van der Waals surface area (Å²) in [5.41, 5.74) is 0. The number of rotatable bonds is 5. The van der Waals surface area contributed by atoms with Gasteiger partial charge >= 0.3 is 0 Å². The minimum absolute atomic E-state index is 0.289. The second-order valence-electron chi connectivity index (χ2n) is 7.34. The van der Waals surface area contributed by atoms with E-state index in [-0.39, 0.29) is 4.75 Å². The molecule has 2 heterocycles. The lowest BCUT2D eigenvalue weighted by Gasteiger charge is -2.36. The van der Waals surface area contributed by atoms with Gasteiger partial charge in [0.05, 0.1) is 0 Å². The van der Waals surface area contributed by atoms with Crippen LogP contribution in [0.1, 0.15) is 32.6 Å². The second-order valence-corrected chi connectivity index (χ2v) is 8.61. The molecule has 1 aliphatic carbocycles. The highest BCUT2D eigenvalue weighted by Crippen LogP contribution is 2.33. The highest BCUT2D eigenvalue weighted by Gasteiger charge is 2.38. The van der Waals surface area contributed by atoms with E-state index in [9.17, 15) is 0 Å².